The summed E-state index contributed by atoms with van der Waals surface area (Å²) >= 11 is 13.5. The van der Waals surface area contributed by atoms with Gasteiger partial charge in [0.2, 0.25) is 0 Å². The van der Waals surface area contributed by atoms with E-state index in [0.717, 1.165) is 25.8 Å². The highest BCUT2D eigenvalue weighted by molar-refractivity contribution is 9.10. The van der Waals surface area contributed by atoms with E-state index in [1.165, 1.54) is 5.56 Å². The Morgan fingerprint density at radius 3 is 2.31 bits per heavy atom. The number of hydrogen-bond donors (Lipinski definition) is 1. The molecule has 3 rings (SSSR count). The zero-order valence-electron chi connectivity index (χ0n) is 16.3. The molecule has 0 saturated heterocycles. The van der Waals surface area contributed by atoms with Crippen molar-refractivity contribution in [1.29, 1.82) is 0 Å². The van der Waals surface area contributed by atoms with Gasteiger partial charge in [-0.3, -0.25) is 0 Å². The lowest BCUT2D eigenvalue weighted by Crippen LogP contribution is -2.04. The molecule has 6 heteroatoms. The summed E-state index contributed by atoms with van der Waals surface area (Å²) in [4.78, 5) is 0. The molecule has 152 valence electrons. The molecule has 0 aliphatic heterocycles. The lowest BCUT2D eigenvalue weighted by Gasteiger charge is -2.16. The van der Waals surface area contributed by atoms with Crippen LogP contribution in [0.4, 0.5) is 5.69 Å². The van der Waals surface area contributed by atoms with Gasteiger partial charge in [-0.2, -0.15) is 0 Å². The predicted molar refractivity (Wildman–Crippen MR) is 127 cm³/mol. The SMILES string of the molecule is CCOc1cc(CNc2ccc(Br)cc2C)cc(Cl)c1OCc1ccc(Br)cc1. The molecule has 0 aromatic heterocycles. The molecule has 0 unspecified atom stereocenters. The lowest BCUT2D eigenvalue weighted by atomic mass is 10.1. The maximum Gasteiger partial charge on any atom is 0.180 e. The third-order valence-corrected chi connectivity index (χ3v) is 5.64. The summed E-state index contributed by atoms with van der Waals surface area (Å²) in [5.41, 5.74) is 4.34. The van der Waals surface area contributed by atoms with Gasteiger partial charge >= 0.3 is 0 Å². The summed E-state index contributed by atoms with van der Waals surface area (Å²) in [7, 11) is 0. The molecular formula is C23H22Br2ClNO2. The van der Waals surface area contributed by atoms with E-state index in [4.69, 9.17) is 21.1 Å². The average Bonchev–Trinajstić information content (AvgIpc) is 2.68. The molecule has 0 radical (unpaired) electrons. The summed E-state index contributed by atoms with van der Waals surface area (Å²) in [6.07, 6.45) is 0. The highest BCUT2D eigenvalue weighted by Crippen LogP contribution is 2.37. The number of hydrogen-bond acceptors (Lipinski definition) is 3. The molecule has 3 aromatic rings. The Hall–Kier alpha value is -1.69. The lowest BCUT2D eigenvalue weighted by molar-refractivity contribution is 0.269. The number of nitrogens with one attached hydrogen (secondary N) is 1. The number of halogens is 3. The molecule has 0 saturated carbocycles. The van der Waals surface area contributed by atoms with Gasteiger partial charge in [0, 0.05) is 21.2 Å². The molecular weight excluding hydrogens is 518 g/mol. The van der Waals surface area contributed by atoms with E-state index >= 15 is 0 Å². The largest absolute Gasteiger partial charge is 0.490 e. The number of rotatable bonds is 8. The topological polar surface area (TPSA) is 30.5 Å². The van der Waals surface area contributed by atoms with E-state index in [-0.39, 0.29) is 0 Å². The van der Waals surface area contributed by atoms with Crippen molar-refractivity contribution in [2.75, 3.05) is 11.9 Å². The second kappa shape index (κ2) is 10.4. The van der Waals surface area contributed by atoms with Crippen LogP contribution in [-0.4, -0.2) is 6.61 Å². The summed E-state index contributed by atoms with van der Waals surface area (Å²) in [6.45, 7) is 5.61. The Morgan fingerprint density at radius 1 is 0.897 bits per heavy atom. The number of aryl methyl sites for hydroxylation is 1. The van der Waals surface area contributed by atoms with Crippen LogP contribution in [0.2, 0.25) is 5.02 Å². The summed E-state index contributed by atoms with van der Waals surface area (Å²) in [6, 6.07) is 18.1. The van der Waals surface area contributed by atoms with Crippen molar-refractivity contribution in [2.24, 2.45) is 0 Å². The number of benzene rings is 3. The van der Waals surface area contributed by atoms with Crippen LogP contribution in [0.25, 0.3) is 0 Å². The standard InChI is InChI=1S/C23H22Br2ClNO2/c1-3-28-22-12-17(13-27-21-9-8-19(25)10-15(21)2)11-20(26)23(22)29-14-16-4-6-18(24)7-5-16/h4-12,27H,3,13-14H2,1-2H3. The fraction of sp³-hybridized carbons (Fsp3) is 0.217. The molecule has 0 bridgehead atoms. The van der Waals surface area contributed by atoms with Crippen LogP contribution in [0.5, 0.6) is 11.5 Å². The van der Waals surface area contributed by atoms with Crippen molar-refractivity contribution in [3.8, 4) is 11.5 Å². The molecule has 0 spiro atoms. The van der Waals surface area contributed by atoms with Gasteiger partial charge in [-0.05, 0) is 73.0 Å². The van der Waals surface area contributed by atoms with E-state index in [9.17, 15) is 0 Å². The van der Waals surface area contributed by atoms with Gasteiger partial charge in [0.1, 0.15) is 6.61 Å². The van der Waals surface area contributed by atoms with Gasteiger partial charge in [-0.25, -0.2) is 0 Å². The van der Waals surface area contributed by atoms with Crippen molar-refractivity contribution < 1.29 is 9.47 Å². The van der Waals surface area contributed by atoms with Crippen LogP contribution in [-0.2, 0) is 13.2 Å². The molecule has 0 aliphatic carbocycles. The van der Waals surface area contributed by atoms with Gasteiger partial charge in [0.25, 0.3) is 0 Å². The highest BCUT2D eigenvalue weighted by atomic mass is 79.9. The normalized spacial score (nSPS) is 10.7. The van der Waals surface area contributed by atoms with E-state index in [0.29, 0.717) is 36.3 Å². The second-order valence-electron chi connectivity index (χ2n) is 6.57. The zero-order chi connectivity index (χ0) is 20.8. The third-order valence-electron chi connectivity index (χ3n) is 4.34. The van der Waals surface area contributed by atoms with Crippen molar-refractivity contribution in [3.05, 3.63) is 85.3 Å². The molecule has 0 amide bonds. The summed E-state index contributed by atoms with van der Waals surface area (Å²) in [5, 5.41) is 3.99. The summed E-state index contributed by atoms with van der Waals surface area (Å²) in [5.74, 6) is 1.22. The first kappa shape index (κ1) is 22.0. The fourth-order valence-electron chi connectivity index (χ4n) is 2.89. The molecule has 1 N–H and O–H groups in total. The minimum Gasteiger partial charge on any atom is -0.490 e. The first-order chi connectivity index (χ1) is 14.0. The van der Waals surface area contributed by atoms with Gasteiger partial charge in [0.15, 0.2) is 11.5 Å². The monoisotopic (exact) mass is 537 g/mol. The average molecular weight is 540 g/mol. The first-order valence-corrected chi connectivity index (χ1v) is 11.2. The van der Waals surface area contributed by atoms with Crippen LogP contribution in [0, 0.1) is 6.92 Å². The molecule has 0 fully saturated rings. The third kappa shape index (κ3) is 6.14. The maximum absolute atomic E-state index is 6.55. The molecule has 0 atom stereocenters. The van der Waals surface area contributed by atoms with Crippen LogP contribution < -0.4 is 14.8 Å². The molecule has 3 aromatic carbocycles. The van der Waals surface area contributed by atoms with E-state index < -0.39 is 0 Å². The number of ether oxygens (including phenoxy) is 2. The van der Waals surface area contributed by atoms with E-state index in [1.807, 2.05) is 49.4 Å². The maximum atomic E-state index is 6.55. The first-order valence-electron chi connectivity index (χ1n) is 9.28. The molecule has 29 heavy (non-hydrogen) atoms. The second-order valence-corrected chi connectivity index (χ2v) is 8.80. The van der Waals surface area contributed by atoms with Crippen LogP contribution >= 0.6 is 43.5 Å². The van der Waals surface area contributed by atoms with Crippen LogP contribution in [0.3, 0.4) is 0 Å². The Balaban J connectivity index is 1.75. The summed E-state index contributed by atoms with van der Waals surface area (Å²) < 4.78 is 13.9. The Kier molecular flexibility index (Phi) is 7.87. The quantitative estimate of drug-likeness (QED) is 0.317. The van der Waals surface area contributed by atoms with Crippen molar-refractivity contribution >= 4 is 49.1 Å². The van der Waals surface area contributed by atoms with Crippen molar-refractivity contribution in [2.45, 2.75) is 27.0 Å². The van der Waals surface area contributed by atoms with Crippen LogP contribution in [0.15, 0.2) is 63.5 Å². The minimum absolute atomic E-state index is 0.419. The van der Waals surface area contributed by atoms with E-state index in [2.05, 4.69) is 56.2 Å². The van der Waals surface area contributed by atoms with Crippen molar-refractivity contribution in [1.82, 2.24) is 0 Å². The van der Waals surface area contributed by atoms with Gasteiger partial charge in [0.05, 0.1) is 11.6 Å². The number of anilines is 1. The Morgan fingerprint density at radius 2 is 1.62 bits per heavy atom. The van der Waals surface area contributed by atoms with Crippen molar-refractivity contribution in [3.63, 3.8) is 0 Å². The van der Waals surface area contributed by atoms with Gasteiger partial charge in [-0.15, -0.1) is 0 Å². The smallest absolute Gasteiger partial charge is 0.180 e. The van der Waals surface area contributed by atoms with E-state index in [1.54, 1.807) is 0 Å². The molecule has 0 heterocycles. The highest BCUT2D eigenvalue weighted by Gasteiger charge is 2.13. The van der Waals surface area contributed by atoms with Gasteiger partial charge < -0.3 is 14.8 Å². The Bertz CT molecular complexity index is 977. The minimum atomic E-state index is 0.419. The molecule has 3 nitrogen and oxygen atoms in total. The molecule has 0 aliphatic rings. The van der Waals surface area contributed by atoms with Crippen LogP contribution in [0.1, 0.15) is 23.6 Å². The van der Waals surface area contributed by atoms with Gasteiger partial charge in [-0.1, -0.05) is 55.6 Å². The predicted octanol–water partition coefficient (Wildman–Crippen LogP) is 7.76. The zero-order valence-corrected chi connectivity index (χ0v) is 20.2. The fourth-order valence-corrected chi connectivity index (χ4v) is 3.91. The Labute approximate surface area is 193 Å².